The summed E-state index contributed by atoms with van der Waals surface area (Å²) in [5.41, 5.74) is 3.41. The lowest BCUT2D eigenvalue weighted by Crippen LogP contribution is -2.64. The molecule has 2 aromatic rings. The highest BCUT2D eigenvalue weighted by Crippen LogP contribution is 2.44. The van der Waals surface area contributed by atoms with Gasteiger partial charge in [-0.3, -0.25) is 4.79 Å². The molecular weight excluding hydrogens is 396 g/mol. The maximum Gasteiger partial charge on any atom is 0.408 e. The van der Waals surface area contributed by atoms with Crippen molar-refractivity contribution >= 4 is 18.0 Å². The molecule has 0 aliphatic heterocycles. The van der Waals surface area contributed by atoms with E-state index in [-0.39, 0.29) is 12.5 Å². The molecule has 31 heavy (non-hydrogen) atoms. The van der Waals surface area contributed by atoms with E-state index in [1.807, 2.05) is 36.4 Å². The number of carboxylic acid groups (broad SMARTS) is 1. The van der Waals surface area contributed by atoms with Gasteiger partial charge >= 0.3 is 12.1 Å². The number of hydrogen-bond donors (Lipinski definition) is 2. The van der Waals surface area contributed by atoms with Crippen LogP contribution in [-0.2, 0) is 14.3 Å². The lowest BCUT2D eigenvalue weighted by molar-refractivity contribution is -0.152. The molecule has 2 aliphatic carbocycles. The van der Waals surface area contributed by atoms with Crippen molar-refractivity contribution in [2.45, 2.75) is 43.7 Å². The predicted octanol–water partition coefficient (Wildman–Crippen LogP) is 3.38. The Kier molecular flexibility index (Phi) is 5.43. The van der Waals surface area contributed by atoms with E-state index in [2.05, 4.69) is 17.4 Å². The van der Waals surface area contributed by atoms with Gasteiger partial charge in [-0.05, 0) is 48.4 Å². The molecule has 2 N–H and O–H groups in total. The fourth-order valence-electron chi connectivity index (χ4n) is 4.43. The maximum absolute atomic E-state index is 12.9. The second-order valence-corrected chi connectivity index (χ2v) is 8.32. The Morgan fingerprint density at radius 1 is 1.10 bits per heavy atom. The highest BCUT2D eigenvalue weighted by atomic mass is 16.5. The number of nitrogens with one attached hydrogen (secondary N) is 1. The number of nitrogens with zero attached hydrogens (tertiary/aromatic N) is 1. The highest BCUT2D eigenvalue weighted by Gasteiger charge is 2.48. The Morgan fingerprint density at radius 2 is 1.65 bits per heavy atom. The lowest BCUT2D eigenvalue weighted by atomic mass is 9.75. The van der Waals surface area contributed by atoms with Crippen molar-refractivity contribution in [2.75, 3.05) is 13.7 Å². The van der Waals surface area contributed by atoms with Crippen LogP contribution in [0.25, 0.3) is 11.1 Å². The van der Waals surface area contributed by atoms with Crippen LogP contribution in [0.15, 0.2) is 48.5 Å². The van der Waals surface area contributed by atoms with Crippen LogP contribution in [0.1, 0.15) is 43.2 Å². The summed E-state index contributed by atoms with van der Waals surface area (Å²) in [6.45, 7) is 1.60. The molecule has 0 saturated heterocycles. The number of carboxylic acids is 1. The van der Waals surface area contributed by atoms with E-state index in [1.165, 1.54) is 18.9 Å². The van der Waals surface area contributed by atoms with Crippen LogP contribution in [-0.4, -0.2) is 53.2 Å². The zero-order chi connectivity index (χ0) is 22.2. The van der Waals surface area contributed by atoms with Gasteiger partial charge in [-0.1, -0.05) is 48.5 Å². The summed E-state index contributed by atoms with van der Waals surface area (Å²) in [5.74, 6) is -1.56. The molecule has 1 unspecified atom stereocenters. The number of hydrogen-bond acceptors (Lipinski definition) is 4. The van der Waals surface area contributed by atoms with Crippen LogP contribution in [0.4, 0.5) is 4.79 Å². The van der Waals surface area contributed by atoms with Crippen molar-refractivity contribution in [2.24, 2.45) is 0 Å². The first-order valence-corrected chi connectivity index (χ1v) is 10.5. The first kappa shape index (κ1) is 20.9. The predicted molar refractivity (Wildman–Crippen MR) is 115 cm³/mol. The summed E-state index contributed by atoms with van der Waals surface area (Å²) >= 11 is 0. The van der Waals surface area contributed by atoms with Gasteiger partial charge in [0.05, 0.1) is 0 Å². The standard InChI is InChI=1S/C24H26N2O5/c1-15(21(27)28)26(2)22(29)24(12-7-13-24)25-23(30)31-14-20-18-10-5-3-8-16(18)17-9-4-6-11-19(17)20/h3-6,8-11,15,20H,7,12-14H2,1-2H3,(H,25,30)(H,27,28). The van der Waals surface area contributed by atoms with E-state index in [0.717, 1.165) is 28.7 Å². The molecule has 7 heteroatoms. The van der Waals surface area contributed by atoms with Gasteiger partial charge in [-0.25, -0.2) is 9.59 Å². The number of carbonyl (C=O) groups excluding carboxylic acids is 2. The molecule has 4 rings (SSSR count). The van der Waals surface area contributed by atoms with Crippen molar-refractivity contribution in [3.8, 4) is 11.1 Å². The highest BCUT2D eigenvalue weighted by molar-refractivity contribution is 5.93. The summed E-state index contributed by atoms with van der Waals surface area (Å²) in [6, 6.07) is 15.2. The average molecular weight is 422 g/mol. The average Bonchev–Trinajstić information content (AvgIpc) is 3.07. The number of amides is 2. The molecule has 1 fully saturated rings. The van der Waals surface area contributed by atoms with Crippen molar-refractivity contribution in [3.63, 3.8) is 0 Å². The number of fused-ring (bicyclic) bond motifs is 3. The summed E-state index contributed by atoms with van der Waals surface area (Å²) in [4.78, 5) is 38.0. The van der Waals surface area contributed by atoms with E-state index >= 15 is 0 Å². The van der Waals surface area contributed by atoms with Crippen molar-refractivity contribution in [1.29, 1.82) is 0 Å². The molecule has 7 nitrogen and oxygen atoms in total. The molecule has 2 aliphatic rings. The van der Waals surface area contributed by atoms with E-state index < -0.39 is 29.6 Å². The Labute approximate surface area is 181 Å². The second-order valence-electron chi connectivity index (χ2n) is 8.32. The van der Waals surface area contributed by atoms with Gasteiger partial charge in [0.15, 0.2) is 0 Å². The van der Waals surface area contributed by atoms with Crippen LogP contribution < -0.4 is 5.32 Å². The summed E-state index contributed by atoms with van der Waals surface area (Å²) < 4.78 is 5.57. The number of benzene rings is 2. The molecular formula is C24H26N2O5. The Balaban J connectivity index is 1.45. The van der Waals surface area contributed by atoms with Crippen LogP contribution in [0, 0.1) is 0 Å². The zero-order valence-electron chi connectivity index (χ0n) is 17.6. The van der Waals surface area contributed by atoms with Crippen molar-refractivity contribution in [3.05, 3.63) is 59.7 Å². The molecule has 2 amide bonds. The fourth-order valence-corrected chi connectivity index (χ4v) is 4.43. The summed E-state index contributed by atoms with van der Waals surface area (Å²) in [5, 5.41) is 11.9. The third kappa shape index (κ3) is 3.65. The number of carbonyl (C=O) groups is 3. The number of alkyl carbamates (subject to hydrolysis) is 1. The molecule has 0 spiro atoms. The zero-order valence-corrected chi connectivity index (χ0v) is 17.6. The number of rotatable bonds is 6. The normalized spacial score (nSPS) is 17.0. The molecule has 0 radical (unpaired) electrons. The van der Waals surface area contributed by atoms with Crippen LogP contribution >= 0.6 is 0 Å². The molecule has 1 atom stereocenters. The van der Waals surface area contributed by atoms with Gasteiger partial charge < -0.3 is 20.1 Å². The van der Waals surface area contributed by atoms with Crippen molar-refractivity contribution < 1.29 is 24.2 Å². The van der Waals surface area contributed by atoms with E-state index in [4.69, 9.17) is 4.74 Å². The van der Waals surface area contributed by atoms with E-state index in [0.29, 0.717) is 12.8 Å². The molecule has 1 saturated carbocycles. The van der Waals surface area contributed by atoms with E-state index in [9.17, 15) is 19.5 Å². The number of aliphatic carboxylic acids is 1. The van der Waals surface area contributed by atoms with Crippen molar-refractivity contribution in [1.82, 2.24) is 10.2 Å². The topological polar surface area (TPSA) is 95.9 Å². The van der Waals surface area contributed by atoms with Gasteiger partial charge in [-0.2, -0.15) is 0 Å². The van der Waals surface area contributed by atoms with Crippen LogP contribution in [0.2, 0.25) is 0 Å². The quantitative estimate of drug-likeness (QED) is 0.744. The van der Waals surface area contributed by atoms with Gasteiger partial charge in [0.2, 0.25) is 5.91 Å². The minimum atomic E-state index is -1.10. The minimum absolute atomic E-state index is 0.0686. The number of likely N-dealkylation sites (N-methyl/N-ethyl adjacent to an activating group) is 1. The second kappa shape index (κ2) is 8.06. The minimum Gasteiger partial charge on any atom is -0.480 e. The third-order valence-corrected chi connectivity index (χ3v) is 6.56. The summed E-state index contributed by atoms with van der Waals surface area (Å²) in [7, 11) is 1.45. The summed E-state index contributed by atoms with van der Waals surface area (Å²) in [6.07, 6.45) is 1.05. The van der Waals surface area contributed by atoms with Gasteiger partial charge in [-0.15, -0.1) is 0 Å². The van der Waals surface area contributed by atoms with Gasteiger partial charge in [0.25, 0.3) is 0 Å². The molecule has 162 valence electrons. The molecule has 0 aromatic heterocycles. The fraction of sp³-hybridized carbons (Fsp3) is 0.375. The molecule has 0 heterocycles. The maximum atomic E-state index is 12.9. The Hall–Kier alpha value is -3.35. The monoisotopic (exact) mass is 422 g/mol. The Morgan fingerprint density at radius 3 is 2.13 bits per heavy atom. The lowest BCUT2D eigenvalue weighted by Gasteiger charge is -2.43. The van der Waals surface area contributed by atoms with Gasteiger partial charge in [0.1, 0.15) is 18.2 Å². The smallest absolute Gasteiger partial charge is 0.408 e. The van der Waals surface area contributed by atoms with E-state index in [1.54, 1.807) is 0 Å². The number of ether oxygens (including phenoxy) is 1. The van der Waals surface area contributed by atoms with Crippen LogP contribution in [0.5, 0.6) is 0 Å². The Bertz CT molecular complexity index is 985. The molecule has 2 aromatic carbocycles. The van der Waals surface area contributed by atoms with Gasteiger partial charge in [0, 0.05) is 13.0 Å². The first-order valence-electron chi connectivity index (χ1n) is 10.5. The first-order chi connectivity index (χ1) is 14.8. The third-order valence-electron chi connectivity index (χ3n) is 6.56. The molecule has 0 bridgehead atoms. The SMILES string of the molecule is CC(C(=O)O)N(C)C(=O)C1(NC(=O)OCC2c3ccccc3-c3ccccc32)CCC1. The largest absolute Gasteiger partial charge is 0.480 e. The van der Waals surface area contributed by atoms with Crippen LogP contribution in [0.3, 0.4) is 0 Å².